The standard InChI is InChI=1S/C18H28N2O3S/c1-11(2)9-18(16(22)23-17(3,4)5)10-12(15(19)21)14(20-18)13-7-6-8-24-13/h6-8,11-12,14,20H,9-10H2,1-5H3,(H2,19,21)/t12-,14+,18-/m0/s1. The van der Waals surface area contributed by atoms with Crippen LogP contribution in [-0.2, 0) is 14.3 Å². The van der Waals surface area contributed by atoms with Crippen LogP contribution in [0.1, 0.15) is 58.4 Å². The molecule has 0 bridgehead atoms. The van der Waals surface area contributed by atoms with Gasteiger partial charge in [0.15, 0.2) is 0 Å². The Morgan fingerprint density at radius 2 is 2.12 bits per heavy atom. The summed E-state index contributed by atoms with van der Waals surface area (Å²) in [6.07, 6.45) is 0.978. The van der Waals surface area contributed by atoms with Gasteiger partial charge in [0.05, 0.1) is 12.0 Å². The van der Waals surface area contributed by atoms with Crippen LogP contribution in [0.4, 0.5) is 0 Å². The molecule has 5 nitrogen and oxygen atoms in total. The summed E-state index contributed by atoms with van der Waals surface area (Å²) in [6, 6.07) is 3.67. The van der Waals surface area contributed by atoms with E-state index in [1.807, 2.05) is 38.3 Å². The Morgan fingerprint density at radius 3 is 2.58 bits per heavy atom. The van der Waals surface area contributed by atoms with Crippen molar-refractivity contribution in [2.45, 2.75) is 64.6 Å². The second-order valence-corrected chi connectivity index (χ2v) is 9.01. The lowest BCUT2D eigenvalue weighted by atomic mass is 9.84. The minimum atomic E-state index is -0.879. The van der Waals surface area contributed by atoms with E-state index in [0.29, 0.717) is 12.8 Å². The molecule has 2 rings (SSSR count). The second kappa shape index (κ2) is 6.84. The van der Waals surface area contributed by atoms with Gasteiger partial charge >= 0.3 is 5.97 Å². The molecule has 3 atom stereocenters. The van der Waals surface area contributed by atoms with Crippen LogP contribution in [-0.4, -0.2) is 23.0 Å². The summed E-state index contributed by atoms with van der Waals surface area (Å²) < 4.78 is 5.67. The number of nitrogens with one attached hydrogen (secondary N) is 1. The van der Waals surface area contributed by atoms with Gasteiger partial charge in [0.2, 0.25) is 5.91 Å². The molecule has 0 spiro atoms. The molecule has 2 heterocycles. The molecule has 1 aliphatic rings. The van der Waals surface area contributed by atoms with Crippen molar-refractivity contribution in [2.24, 2.45) is 17.6 Å². The van der Waals surface area contributed by atoms with Crippen LogP contribution in [0.2, 0.25) is 0 Å². The summed E-state index contributed by atoms with van der Waals surface area (Å²) in [5.74, 6) is -0.820. The third-order valence-corrected chi connectivity index (χ3v) is 5.12. The van der Waals surface area contributed by atoms with Gasteiger partial charge in [0.25, 0.3) is 0 Å². The zero-order chi connectivity index (χ0) is 18.1. The zero-order valence-electron chi connectivity index (χ0n) is 15.1. The number of ether oxygens (including phenoxy) is 1. The van der Waals surface area contributed by atoms with Gasteiger partial charge in [-0.2, -0.15) is 0 Å². The van der Waals surface area contributed by atoms with Crippen molar-refractivity contribution in [1.29, 1.82) is 0 Å². The molecular weight excluding hydrogens is 324 g/mol. The fraction of sp³-hybridized carbons (Fsp3) is 0.667. The Bertz CT molecular complexity index is 592. The van der Waals surface area contributed by atoms with Gasteiger partial charge in [-0.15, -0.1) is 11.3 Å². The Kier molecular flexibility index (Phi) is 5.40. The van der Waals surface area contributed by atoms with E-state index in [4.69, 9.17) is 10.5 Å². The van der Waals surface area contributed by atoms with Crippen molar-refractivity contribution in [3.63, 3.8) is 0 Å². The fourth-order valence-electron chi connectivity index (χ4n) is 3.39. The number of nitrogens with two attached hydrogens (primary N) is 1. The van der Waals surface area contributed by atoms with Gasteiger partial charge < -0.3 is 10.5 Å². The molecule has 1 aromatic heterocycles. The zero-order valence-corrected chi connectivity index (χ0v) is 15.9. The van der Waals surface area contributed by atoms with E-state index in [9.17, 15) is 9.59 Å². The lowest BCUT2D eigenvalue weighted by Crippen LogP contribution is -2.51. The van der Waals surface area contributed by atoms with Crippen molar-refractivity contribution >= 4 is 23.2 Å². The molecular formula is C18H28N2O3S. The average Bonchev–Trinajstić information content (AvgIpc) is 3.02. The first-order chi connectivity index (χ1) is 11.0. The predicted octanol–water partition coefficient (Wildman–Crippen LogP) is 3.01. The first-order valence-electron chi connectivity index (χ1n) is 8.38. The lowest BCUT2D eigenvalue weighted by molar-refractivity contribution is -0.163. The third-order valence-electron chi connectivity index (χ3n) is 4.16. The second-order valence-electron chi connectivity index (χ2n) is 8.03. The highest BCUT2D eigenvalue weighted by Gasteiger charge is 2.54. The molecule has 6 heteroatoms. The minimum Gasteiger partial charge on any atom is -0.459 e. The average molecular weight is 352 g/mol. The quantitative estimate of drug-likeness (QED) is 0.798. The van der Waals surface area contributed by atoms with Crippen LogP contribution in [0.25, 0.3) is 0 Å². The van der Waals surface area contributed by atoms with Crippen LogP contribution in [0.3, 0.4) is 0 Å². The molecule has 0 aliphatic carbocycles. The number of thiophene rings is 1. The molecule has 1 aromatic rings. The summed E-state index contributed by atoms with van der Waals surface area (Å²) in [7, 11) is 0. The number of carbonyl (C=O) groups is 2. The van der Waals surface area contributed by atoms with E-state index in [0.717, 1.165) is 4.88 Å². The van der Waals surface area contributed by atoms with Crippen molar-refractivity contribution in [3.05, 3.63) is 22.4 Å². The van der Waals surface area contributed by atoms with Crippen LogP contribution in [0.5, 0.6) is 0 Å². The Labute approximate surface area is 148 Å². The fourth-order valence-corrected chi connectivity index (χ4v) is 4.23. The van der Waals surface area contributed by atoms with Crippen LogP contribution >= 0.6 is 11.3 Å². The van der Waals surface area contributed by atoms with Gasteiger partial charge in [0, 0.05) is 4.88 Å². The molecule has 3 N–H and O–H groups in total. The first-order valence-corrected chi connectivity index (χ1v) is 9.26. The van der Waals surface area contributed by atoms with Crippen molar-refractivity contribution in [3.8, 4) is 0 Å². The third kappa shape index (κ3) is 4.16. The van der Waals surface area contributed by atoms with Gasteiger partial charge in [-0.3, -0.25) is 14.9 Å². The van der Waals surface area contributed by atoms with E-state index >= 15 is 0 Å². The van der Waals surface area contributed by atoms with Crippen molar-refractivity contribution in [2.75, 3.05) is 0 Å². The highest BCUT2D eigenvalue weighted by molar-refractivity contribution is 7.10. The Morgan fingerprint density at radius 1 is 1.46 bits per heavy atom. The monoisotopic (exact) mass is 352 g/mol. The maximum Gasteiger partial charge on any atom is 0.326 e. The molecule has 0 saturated carbocycles. The molecule has 0 aromatic carbocycles. The van der Waals surface area contributed by atoms with Crippen LogP contribution in [0.15, 0.2) is 17.5 Å². The number of hydrogen-bond acceptors (Lipinski definition) is 5. The van der Waals surface area contributed by atoms with E-state index < -0.39 is 17.1 Å². The molecule has 1 amide bonds. The molecule has 1 saturated heterocycles. The minimum absolute atomic E-state index is 0.242. The maximum absolute atomic E-state index is 13.0. The van der Waals surface area contributed by atoms with Crippen molar-refractivity contribution in [1.82, 2.24) is 5.32 Å². The molecule has 0 unspecified atom stereocenters. The summed E-state index contributed by atoms with van der Waals surface area (Å²) in [6.45, 7) is 9.68. The summed E-state index contributed by atoms with van der Waals surface area (Å²) in [5, 5.41) is 5.39. The number of esters is 1. The van der Waals surface area contributed by atoms with Gasteiger partial charge in [-0.05, 0) is 51.0 Å². The van der Waals surface area contributed by atoms with Crippen LogP contribution in [0, 0.1) is 11.8 Å². The van der Waals surface area contributed by atoms with Gasteiger partial charge in [0.1, 0.15) is 11.1 Å². The Balaban J connectivity index is 2.37. The normalized spacial score (nSPS) is 27.4. The summed E-state index contributed by atoms with van der Waals surface area (Å²) >= 11 is 1.56. The predicted molar refractivity (Wildman–Crippen MR) is 95.5 cm³/mol. The number of rotatable bonds is 5. The number of hydrogen-bond donors (Lipinski definition) is 2. The maximum atomic E-state index is 13.0. The first kappa shape index (κ1) is 18.9. The molecule has 1 aliphatic heterocycles. The van der Waals surface area contributed by atoms with E-state index in [-0.39, 0.29) is 23.8 Å². The molecule has 134 valence electrons. The number of carbonyl (C=O) groups excluding carboxylic acids is 2. The lowest BCUT2D eigenvalue weighted by Gasteiger charge is -2.33. The van der Waals surface area contributed by atoms with E-state index in [1.165, 1.54) is 0 Å². The Hall–Kier alpha value is -1.40. The van der Waals surface area contributed by atoms with E-state index in [1.54, 1.807) is 11.3 Å². The van der Waals surface area contributed by atoms with Gasteiger partial charge in [-0.25, -0.2) is 0 Å². The van der Waals surface area contributed by atoms with Gasteiger partial charge in [-0.1, -0.05) is 19.9 Å². The molecule has 24 heavy (non-hydrogen) atoms. The number of primary amides is 1. The summed E-state index contributed by atoms with van der Waals surface area (Å²) in [5.41, 5.74) is 4.19. The smallest absolute Gasteiger partial charge is 0.326 e. The SMILES string of the molecule is CC(C)C[C@@]1(C(=O)OC(C)(C)C)C[C@H](C(N)=O)[C@H](c2cccs2)N1. The molecule has 0 radical (unpaired) electrons. The topological polar surface area (TPSA) is 81.4 Å². The molecule has 1 fully saturated rings. The highest BCUT2D eigenvalue weighted by atomic mass is 32.1. The van der Waals surface area contributed by atoms with Crippen molar-refractivity contribution < 1.29 is 14.3 Å². The van der Waals surface area contributed by atoms with Crippen LogP contribution < -0.4 is 11.1 Å². The summed E-state index contributed by atoms with van der Waals surface area (Å²) in [4.78, 5) is 26.0. The van der Waals surface area contributed by atoms with E-state index in [2.05, 4.69) is 19.2 Å². The highest BCUT2D eigenvalue weighted by Crippen LogP contribution is 2.43. The number of amides is 1. The largest absolute Gasteiger partial charge is 0.459 e.